The van der Waals surface area contributed by atoms with Crippen LogP contribution in [0.3, 0.4) is 0 Å². The lowest BCUT2D eigenvalue weighted by Gasteiger charge is -2.23. The van der Waals surface area contributed by atoms with Crippen LogP contribution in [0.1, 0.15) is 19.3 Å². The molecule has 5 heteroatoms. The predicted octanol–water partition coefficient (Wildman–Crippen LogP) is -0.956. The van der Waals surface area contributed by atoms with E-state index >= 15 is 0 Å². The van der Waals surface area contributed by atoms with Crippen LogP contribution in [0.5, 0.6) is 0 Å². The van der Waals surface area contributed by atoms with Gasteiger partial charge in [0.1, 0.15) is 0 Å². The monoisotopic (exact) mass is 235 g/mol. The van der Waals surface area contributed by atoms with Crippen LogP contribution < -0.4 is 0 Å². The van der Waals surface area contributed by atoms with E-state index in [9.17, 15) is 0 Å². The molecule has 0 atom stereocenters. The first-order valence-corrected chi connectivity index (χ1v) is 5.94. The average Bonchev–Trinajstić information content (AvgIpc) is 2.27. The Hall–Kier alpha value is -0.200. The third-order valence-electron chi connectivity index (χ3n) is 2.76. The van der Waals surface area contributed by atoms with Crippen molar-refractivity contribution in [3.63, 3.8) is 0 Å². The smallest absolute Gasteiger partial charge is 0.0558 e. The molecule has 0 heterocycles. The van der Waals surface area contributed by atoms with Gasteiger partial charge in [0.2, 0.25) is 0 Å². The van der Waals surface area contributed by atoms with Gasteiger partial charge in [-0.2, -0.15) is 0 Å². The molecule has 0 amide bonds. The summed E-state index contributed by atoms with van der Waals surface area (Å²) in [5.74, 6) is 0.315. The summed E-state index contributed by atoms with van der Waals surface area (Å²) in [6.07, 6.45) is 2.28. The van der Waals surface area contributed by atoms with Gasteiger partial charge in [0, 0.05) is 26.3 Å². The summed E-state index contributed by atoms with van der Waals surface area (Å²) in [6.45, 7) is 2.37. The Morgan fingerprint density at radius 2 is 1.12 bits per heavy atom. The first kappa shape index (κ1) is 15.8. The first-order valence-electron chi connectivity index (χ1n) is 5.94. The summed E-state index contributed by atoms with van der Waals surface area (Å²) in [5.41, 5.74) is 0. The van der Waals surface area contributed by atoms with Crippen molar-refractivity contribution in [2.45, 2.75) is 19.3 Å². The van der Waals surface area contributed by atoms with E-state index in [4.69, 9.17) is 20.4 Å². The molecule has 0 aromatic carbocycles. The van der Waals surface area contributed by atoms with E-state index < -0.39 is 0 Å². The lowest BCUT2D eigenvalue weighted by Crippen LogP contribution is -2.32. The van der Waals surface area contributed by atoms with Crippen molar-refractivity contribution >= 4 is 0 Å². The molecule has 0 aliphatic carbocycles. The Kier molecular flexibility index (Phi) is 11.1. The Balaban J connectivity index is 3.83. The SMILES string of the molecule is OCCC(CCO)CCN(CCO)CCO. The van der Waals surface area contributed by atoms with Crippen LogP contribution in [0.2, 0.25) is 0 Å². The Bertz CT molecular complexity index is 118. The van der Waals surface area contributed by atoms with Gasteiger partial charge < -0.3 is 20.4 Å². The molecule has 0 rings (SSSR count). The van der Waals surface area contributed by atoms with E-state index in [0.717, 1.165) is 13.0 Å². The number of aliphatic hydroxyl groups excluding tert-OH is 4. The third kappa shape index (κ3) is 8.01. The molecule has 0 fully saturated rings. The highest BCUT2D eigenvalue weighted by atomic mass is 16.3. The van der Waals surface area contributed by atoms with E-state index in [1.807, 2.05) is 4.90 Å². The van der Waals surface area contributed by atoms with Crippen molar-refractivity contribution in [2.75, 3.05) is 46.1 Å². The lowest BCUT2D eigenvalue weighted by molar-refractivity contribution is 0.144. The van der Waals surface area contributed by atoms with Crippen LogP contribution in [0.15, 0.2) is 0 Å². The quantitative estimate of drug-likeness (QED) is 0.371. The van der Waals surface area contributed by atoms with Crippen LogP contribution >= 0.6 is 0 Å². The first-order chi connectivity index (χ1) is 7.78. The highest BCUT2D eigenvalue weighted by Gasteiger charge is 2.10. The van der Waals surface area contributed by atoms with Gasteiger partial charge in [-0.1, -0.05) is 0 Å². The maximum Gasteiger partial charge on any atom is 0.0558 e. The Labute approximate surface area is 97.3 Å². The minimum Gasteiger partial charge on any atom is -0.396 e. The van der Waals surface area contributed by atoms with Crippen LogP contribution in [-0.2, 0) is 0 Å². The summed E-state index contributed by atoms with van der Waals surface area (Å²) >= 11 is 0. The zero-order valence-corrected chi connectivity index (χ0v) is 9.88. The standard InChI is InChI=1S/C11H25NO4/c13-7-2-11(3-8-14)1-4-12(5-9-15)6-10-16/h11,13-16H,1-10H2. The van der Waals surface area contributed by atoms with Gasteiger partial charge >= 0.3 is 0 Å². The third-order valence-corrected chi connectivity index (χ3v) is 2.76. The summed E-state index contributed by atoms with van der Waals surface area (Å²) in [6, 6.07) is 0. The van der Waals surface area contributed by atoms with E-state index in [2.05, 4.69) is 0 Å². The number of nitrogens with zero attached hydrogens (tertiary/aromatic N) is 1. The molecule has 4 N–H and O–H groups in total. The van der Waals surface area contributed by atoms with E-state index in [1.54, 1.807) is 0 Å². The molecule has 98 valence electrons. The van der Waals surface area contributed by atoms with Crippen LogP contribution in [0, 0.1) is 5.92 Å². The zero-order chi connectivity index (χ0) is 12.2. The second-order valence-corrected chi connectivity index (χ2v) is 3.97. The van der Waals surface area contributed by atoms with Gasteiger partial charge in [-0.25, -0.2) is 0 Å². The minimum absolute atomic E-state index is 0.0880. The molecule has 0 bridgehead atoms. The normalized spacial score (nSPS) is 11.6. The van der Waals surface area contributed by atoms with Crippen molar-refractivity contribution in [3.8, 4) is 0 Å². The predicted molar refractivity (Wildman–Crippen MR) is 62.1 cm³/mol. The van der Waals surface area contributed by atoms with Gasteiger partial charge in [0.15, 0.2) is 0 Å². The molecule has 0 aromatic rings. The number of rotatable bonds is 11. The fraction of sp³-hybridized carbons (Fsp3) is 1.00. The minimum atomic E-state index is 0.0880. The van der Waals surface area contributed by atoms with Crippen molar-refractivity contribution in [2.24, 2.45) is 5.92 Å². The molecule has 0 spiro atoms. The molecule has 0 aliphatic heterocycles. The summed E-state index contributed by atoms with van der Waals surface area (Å²) in [4.78, 5) is 1.99. The fourth-order valence-corrected chi connectivity index (χ4v) is 1.78. The highest BCUT2D eigenvalue weighted by molar-refractivity contribution is 4.64. The zero-order valence-electron chi connectivity index (χ0n) is 9.88. The molecule has 0 saturated heterocycles. The van der Waals surface area contributed by atoms with E-state index in [1.165, 1.54) is 0 Å². The molecule has 16 heavy (non-hydrogen) atoms. The molecular formula is C11H25NO4. The fourth-order valence-electron chi connectivity index (χ4n) is 1.78. The summed E-state index contributed by atoms with van der Waals surface area (Å²) < 4.78 is 0. The molecule has 5 nitrogen and oxygen atoms in total. The molecule has 0 radical (unpaired) electrons. The molecule has 0 aliphatic rings. The molecule has 0 unspecified atom stereocenters. The topological polar surface area (TPSA) is 84.2 Å². The Morgan fingerprint density at radius 3 is 1.50 bits per heavy atom. The number of aliphatic hydroxyl groups is 4. The molecule has 0 saturated carbocycles. The maximum absolute atomic E-state index is 8.86. The van der Waals surface area contributed by atoms with Crippen molar-refractivity contribution in [1.29, 1.82) is 0 Å². The van der Waals surface area contributed by atoms with E-state index in [0.29, 0.717) is 31.8 Å². The largest absolute Gasteiger partial charge is 0.396 e. The lowest BCUT2D eigenvalue weighted by atomic mass is 9.98. The Morgan fingerprint density at radius 1 is 0.625 bits per heavy atom. The van der Waals surface area contributed by atoms with Crippen LogP contribution in [-0.4, -0.2) is 71.4 Å². The maximum atomic E-state index is 8.86. The van der Waals surface area contributed by atoms with Gasteiger partial charge in [0.05, 0.1) is 13.2 Å². The summed E-state index contributed by atoms with van der Waals surface area (Å²) in [7, 11) is 0. The average molecular weight is 235 g/mol. The van der Waals surface area contributed by atoms with Crippen molar-refractivity contribution < 1.29 is 20.4 Å². The second-order valence-electron chi connectivity index (χ2n) is 3.97. The number of hydrogen-bond acceptors (Lipinski definition) is 5. The second kappa shape index (κ2) is 11.3. The van der Waals surface area contributed by atoms with Gasteiger partial charge in [-0.05, 0) is 31.7 Å². The van der Waals surface area contributed by atoms with Crippen molar-refractivity contribution in [1.82, 2.24) is 4.90 Å². The van der Waals surface area contributed by atoms with Gasteiger partial charge in [-0.15, -0.1) is 0 Å². The van der Waals surface area contributed by atoms with Gasteiger partial charge in [-0.3, -0.25) is 4.90 Å². The summed E-state index contributed by atoms with van der Waals surface area (Å²) in [5, 5.41) is 35.4. The molecular weight excluding hydrogens is 210 g/mol. The van der Waals surface area contributed by atoms with Crippen LogP contribution in [0.4, 0.5) is 0 Å². The van der Waals surface area contributed by atoms with Gasteiger partial charge in [0.25, 0.3) is 0 Å². The molecule has 0 aromatic heterocycles. The van der Waals surface area contributed by atoms with Crippen molar-refractivity contribution in [3.05, 3.63) is 0 Å². The number of hydrogen-bond donors (Lipinski definition) is 4. The highest BCUT2D eigenvalue weighted by Crippen LogP contribution is 2.13. The van der Waals surface area contributed by atoms with Crippen LogP contribution in [0.25, 0.3) is 0 Å². The van der Waals surface area contributed by atoms with E-state index in [-0.39, 0.29) is 26.4 Å².